The highest BCUT2D eigenvalue weighted by Gasteiger charge is 2.29. The number of hydrogen-bond donors (Lipinski definition) is 2. The molecule has 1 aliphatic carbocycles. The number of aryl methyl sites for hydroxylation is 1. The largest absolute Gasteiger partial charge is 0.381 e. The first-order valence-corrected chi connectivity index (χ1v) is 9.23. The molecule has 2 atom stereocenters. The first kappa shape index (κ1) is 17.2. The number of hydrogen-bond acceptors (Lipinski definition) is 4. The predicted molar refractivity (Wildman–Crippen MR) is 90.9 cm³/mol. The maximum absolute atomic E-state index is 12.0. The molecule has 7 nitrogen and oxygen atoms in total. The number of rotatable bonds is 7. The summed E-state index contributed by atoms with van der Waals surface area (Å²) in [7, 11) is 0. The lowest BCUT2D eigenvalue weighted by molar-refractivity contribution is 0.0419. The van der Waals surface area contributed by atoms with Crippen molar-refractivity contribution in [3.8, 4) is 0 Å². The highest BCUT2D eigenvalue weighted by atomic mass is 16.5. The van der Waals surface area contributed by atoms with Gasteiger partial charge in [-0.15, -0.1) is 10.2 Å². The van der Waals surface area contributed by atoms with Crippen LogP contribution in [-0.2, 0) is 17.7 Å². The molecule has 2 N–H and O–H groups in total. The van der Waals surface area contributed by atoms with E-state index in [2.05, 4.69) is 39.2 Å². The van der Waals surface area contributed by atoms with Crippen LogP contribution < -0.4 is 10.6 Å². The second-order valence-corrected chi connectivity index (χ2v) is 6.94. The van der Waals surface area contributed by atoms with Gasteiger partial charge < -0.3 is 19.9 Å². The Labute approximate surface area is 143 Å². The minimum Gasteiger partial charge on any atom is -0.381 e. The third-order valence-electron chi connectivity index (χ3n) is 4.93. The number of carbonyl (C=O) groups excluding carboxylic acids is 1. The van der Waals surface area contributed by atoms with Gasteiger partial charge in [-0.1, -0.05) is 6.92 Å². The van der Waals surface area contributed by atoms with Gasteiger partial charge in [0, 0.05) is 38.1 Å². The second kappa shape index (κ2) is 7.96. The van der Waals surface area contributed by atoms with E-state index < -0.39 is 0 Å². The zero-order valence-electron chi connectivity index (χ0n) is 14.8. The van der Waals surface area contributed by atoms with Crippen LogP contribution in [0.2, 0.25) is 0 Å². The lowest BCUT2D eigenvalue weighted by Crippen LogP contribution is -2.48. The summed E-state index contributed by atoms with van der Waals surface area (Å²) in [5.41, 5.74) is 0. The van der Waals surface area contributed by atoms with E-state index in [9.17, 15) is 4.79 Å². The highest BCUT2D eigenvalue weighted by molar-refractivity contribution is 5.74. The summed E-state index contributed by atoms with van der Waals surface area (Å²) in [5, 5.41) is 14.7. The van der Waals surface area contributed by atoms with E-state index in [0.29, 0.717) is 18.4 Å². The minimum atomic E-state index is -0.0793. The zero-order chi connectivity index (χ0) is 16.9. The Kier molecular flexibility index (Phi) is 5.71. The van der Waals surface area contributed by atoms with Crippen LogP contribution in [0.5, 0.6) is 0 Å². The van der Waals surface area contributed by atoms with Gasteiger partial charge in [0.05, 0.1) is 6.61 Å². The fraction of sp³-hybridized carbons (Fsp3) is 0.824. The number of urea groups is 1. The van der Waals surface area contributed by atoms with Gasteiger partial charge in [0.15, 0.2) is 0 Å². The molecule has 2 amide bonds. The van der Waals surface area contributed by atoms with Crippen molar-refractivity contribution >= 4 is 6.03 Å². The molecular weight excluding hydrogens is 306 g/mol. The van der Waals surface area contributed by atoms with Crippen molar-refractivity contribution in [1.82, 2.24) is 25.4 Å². The van der Waals surface area contributed by atoms with Gasteiger partial charge in [-0.2, -0.15) is 0 Å². The number of nitrogens with one attached hydrogen (secondary N) is 2. The maximum Gasteiger partial charge on any atom is 0.315 e. The summed E-state index contributed by atoms with van der Waals surface area (Å²) >= 11 is 0. The van der Waals surface area contributed by atoms with Crippen molar-refractivity contribution in [2.45, 2.75) is 64.5 Å². The molecule has 2 heterocycles. The lowest BCUT2D eigenvalue weighted by atomic mass is 9.98. The monoisotopic (exact) mass is 335 g/mol. The van der Waals surface area contributed by atoms with E-state index in [1.807, 2.05) is 0 Å². The van der Waals surface area contributed by atoms with E-state index in [-0.39, 0.29) is 12.1 Å². The maximum atomic E-state index is 12.0. The molecule has 1 aromatic heterocycles. The molecule has 0 aromatic carbocycles. The van der Waals surface area contributed by atoms with Crippen LogP contribution in [0, 0.1) is 5.92 Å². The Morgan fingerprint density at radius 2 is 2.17 bits per heavy atom. The predicted octanol–water partition coefficient (Wildman–Crippen LogP) is 1.83. The average molecular weight is 335 g/mol. The number of carbonyl (C=O) groups is 1. The Bertz CT molecular complexity index is 555. The second-order valence-electron chi connectivity index (χ2n) is 6.94. The molecule has 0 spiro atoms. The van der Waals surface area contributed by atoms with Crippen LogP contribution in [-0.4, -0.2) is 46.6 Å². The van der Waals surface area contributed by atoms with Crippen LogP contribution >= 0.6 is 0 Å². The minimum absolute atomic E-state index is 0.0793. The fourth-order valence-electron chi connectivity index (χ4n) is 3.28. The van der Waals surface area contributed by atoms with Crippen LogP contribution in [0.15, 0.2) is 0 Å². The average Bonchev–Trinajstić information content (AvgIpc) is 3.34. The SMILES string of the molecule is CCn1c(CCCNC(=O)NC2CCOCC2C)nnc1C1CC1. The normalized spacial score (nSPS) is 23.9. The molecule has 0 bridgehead atoms. The first-order valence-electron chi connectivity index (χ1n) is 9.23. The summed E-state index contributed by atoms with van der Waals surface area (Å²) in [6.07, 6.45) is 5.09. The van der Waals surface area contributed by atoms with Crippen molar-refractivity contribution in [2.75, 3.05) is 19.8 Å². The van der Waals surface area contributed by atoms with E-state index in [4.69, 9.17) is 4.74 Å². The van der Waals surface area contributed by atoms with E-state index in [1.165, 1.54) is 12.8 Å². The van der Waals surface area contributed by atoms with E-state index in [0.717, 1.165) is 50.7 Å². The Balaban J connectivity index is 1.38. The molecule has 1 saturated heterocycles. The molecule has 24 heavy (non-hydrogen) atoms. The molecule has 7 heteroatoms. The fourth-order valence-corrected chi connectivity index (χ4v) is 3.28. The van der Waals surface area contributed by atoms with Crippen molar-refractivity contribution in [1.29, 1.82) is 0 Å². The summed E-state index contributed by atoms with van der Waals surface area (Å²) in [4.78, 5) is 12.0. The number of ether oxygens (including phenoxy) is 1. The summed E-state index contributed by atoms with van der Waals surface area (Å²) in [6.45, 7) is 7.27. The Morgan fingerprint density at radius 1 is 1.33 bits per heavy atom. The lowest BCUT2D eigenvalue weighted by Gasteiger charge is -2.29. The van der Waals surface area contributed by atoms with Crippen molar-refractivity contribution in [2.24, 2.45) is 5.92 Å². The molecule has 134 valence electrons. The molecule has 1 saturated carbocycles. The Morgan fingerprint density at radius 3 is 2.88 bits per heavy atom. The Hall–Kier alpha value is -1.63. The smallest absolute Gasteiger partial charge is 0.315 e. The molecule has 2 fully saturated rings. The third-order valence-corrected chi connectivity index (χ3v) is 4.93. The molecule has 1 aromatic rings. The molecule has 2 aliphatic rings. The summed E-state index contributed by atoms with van der Waals surface area (Å²) in [5.74, 6) is 3.18. The third kappa shape index (κ3) is 4.26. The van der Waals surface area contributed by atoms with Gasteiger partial charge in [-0.05, 0) is 38.5 Å². The van der Waals surface area contributed by atoms with Gasteiger partial charge >= 0.3 is 6.03 Å². The van der Waals surface area contributed by atoms with Gasteiger partial charge in [-0.3, -0.25) is 0 Å². The summed E-state index contributed by atoms with van der Waals surface area (Å²) in [6, 6.07) is 0.132. The van der Waals surface area contributed by atoms with Gasteiger partial charge in [-0.25, -0.2) is 4.79 Å². The number of nitrogens with zero attached hydrogens (tertiary/aromatic N) is 3. The van der Waals surface area contributed by atoms with Gasteiger partial charge in [0.25, 0.3) is 0 Å². The zero-order valence-corrected chi connectivity index (χ0v) is 14.8. The quantitative estimate of drug-likeness (QED) is 0.745. The van der Waals surface area contributed by atoms with Crippen molar-refractivity contribution in [3.05, 3.63) is 11.6 Å². The van der Waals surface area contributed by atoms with Crippen LogP contribution in [0.25, 0.3) is 0 Å². The van der Waals surface area contributed by atoms with Crippen LogP contribution in [0.3, 0.4) is 0 Å². The van der Waals surface area contributed by atoms with E-state index >= 15 is 0 Å². The first-order chi connectivity index (χ1) is 11.7. The number of aromatic nitrogens is 3. The van der Waals surface area contributed by atoms with Crippen LogP contribution in [0.1, 0.15) is 57.1 Å². The number of amides is 2. The topological polar surface area (TPSA) is 81.1 Å². The molecule has 1 aliphatic heterocycles. The van der Waals surface area contributed by atoms with Crippen molar-refractivity contribution in [3.63, 3.8) is 0 Å². The van der Waals surface area contributed by atoms with Gasteiger partial charge in [0.1, 0.15) is 11.6 Å². The molecule has 2 unspecified atom stereocenters. The highest BCUT2D eigenvalue weighted by Crippen LogP contribution is 2.39. The standard InChI is InChI=1S/C17H29N5O2/c1-3-22-15(20-21-16(22)13-6-7-13)5-4-9-18-17(23)19-14-8-10-24-11-12(14)2/h12-14H,3-11H2,1-2H3,(H2,18,19,23). The van der Waals surface area contributed by atoms with Gasteiger partial charge in [0.2, 0.25) is 0 Å². The molecule has 0 radical (unpaired) electrons. The molecular formula is C17H29N5O2. The van der Waals surface area contributed by atoms with Crippen molar-refractivity contribution < 1.29 is 9.53 Å². The summed E-state index contributed by atoms with van der Waals surface area (Å²) < 4.78 is 7.64. The van der Waals surface area contributed by atoms with E-state index in [1.54, 1.807) is 0 Å². The van der Waals surface area contributed by atoms with Crippen LogP contribution in [0.4, 0.5) is 4.79 Å². The molecule has 3 rings (SSSR count).